The van der Waals surface area contributed by atoms with E-state index in [4.69, 9.17) is 9.15 Å². The minimum Gasteiger partial charge on any atom is -0.469 e. The lowest BCUT2D eigenvalue weighted by Gasteiger charge is -2.21. The van der Waals surface area contributed by atoms with Crippen molar-refractivity contribution < 1.29 is 9.15 Å². The zero-order valence-corrected chi connectivity index (χ0v) is 13.5. The summed E-state index contributed by atoms with van der Waals surface area (Å²) < 4.78 is 10.7. The first-order chi connectivity index (χ1) is 9.93. The molecule has 5 heteroatoms. The Hall–Kier alpha value is -1.75. The highest BCUT2D eigenvalue weighted by Crippen LogP contribution is 2.07. The predicted octanol–water partition coefficient (Wildman–Crippen LogP) is 2.36. The topological polar surface area (TPSA) is 58.8 Å². The van der Waals surface area contributed by atoms with Gasteiger partial charge in [-0.15, -0.1) is 0 Å². The molecule has 0 saturated heterocycles. The third-order valence-electron chi connectivity index (χ3n) is 2.97. The summed E-state index contributed by atoms with van der Waals surface area (Å²) in [6.07, 6.45) is 2.50. The standard InChI is InChI=1S/C16H27N3O2/c1-13(2)11-18-15(19-12-16(3,4)20-5)17-9-8-14-7-6-10-21-14/h6-7,10H,1,8-9,11-12H2,2-5H3,(H2,17,18,19). The summed E-state index contributed by atoms with van der Waals surface area (Å²) in [5.41, 5.74) is 0.778. The molecule has 0 fully saturated rings. The quantitative estimate of drug-likeness (QED) is 0.439. The molecule has 0 aromatic carbocycles. The average Bonchev–Trinajstić information content (AvgIpc) is 2.94. The minimum atomic E-state index is -0.279. The van der Waals surface area contributed by atoms with Crippen LogP contribution in [0, 0.1) is 0 Å². The van der Waals surface area contributed by atoms with E-state index in [0.717, 1.165) is 30.3 Å². The zero-order valence-electron chi connectivity index (χ0n) is 13.5. The number of hydrogen-bond acceptors (Lipinski definition) is 3. The van der Waals surface area contributed by atoms with E-state index in [1.807, 2.05) is 32.9 Å². The van der Waals surface area contributed by atoms with Crippen LogP contribution in [-0.4, -0.2) is 38.3 Å². The largest absolute Gasteiger partial charge is 0.469 e. The predicted molar refractivity (Wildman–Crippen MR) is 86.6 cm³/mol. The van der Waals surface area contributed by atoms with Crippen molar-refractivity contribution in [3.8, 4) is 0 Å². The van der Waals surface area contributed by atoms with Gasteiger partial charge in [-0.2, -0.15) is 0 Å². The highest BCUT2D eigenvalue weighted by Gasteiger charge is 2.15. The summed E-state index contributed by atoms with van der Waals surface area (Å²) in [7, 11) is 1.70. The molecular weight excluding hydrogens is 266 g/mol. The summed E-state index contributed by atoms with van der Waals surface area (Å²) in [6.45, 7) is 11.9. The van der Waals surface area contributed by atoms with Crippen molar-refractivity contribution in [2.75, 3.05) is 26.7 Å². The molecule has 0 aliphatic carbocycles. The van der Waals surface area contributed by atoms with Crippen LogP contribution in [0.15, 0.2) is 40.0 Å². The minimum absolute atomic E-state index is 0.279. The number of rotatable bonds is 8. The molecule has 5 nitrogen and oxygen atoms in total. The number of hydrogen-bond donors (Lipinski definition) is 2. The van der Waals surface area contributed by atoms with Crippen molar-refractivity contribution in [1.82, 2.24) is 10.6 Å². The maximum absolute atomic E-state index is 5.38. The number of furan rings is 1. The maximum atomic E-state index is 5.38. The lowest BCUT2D eigenvalue weighted by molar-refractivity contribution is 0.0311. The van der Waals surface area contributed by atoms with Crippen LogP contribution >= 0.6 is 0 Å². The monoisotopic (exact) mass is 293 g/mol. The van der Waals surface area contributed by atoms with Gasteiger partial charge in [0.25, 0.3) is 0 Å². The molecule has 1 aromatic heterocycles. The zero-order chi connectivity index (χ0) is 15.7. The van der Waals surface area contributed by atoms with E-state index in [1.165, 1.54) is 0 Å². The fraction of sp³-hybridized carbons (Fsp3) is 0.562. The van der Waals surface area contributed by atoms with Gasteiger partial charge < -0.3 is 19.8 Å². The van der Waals surface area contributed by atoms with Gasteiger partial charge in [0.15, 0.2) is 5.96 Å². The van der Waals surface area contributed by atoms with Gasteiger partial charge in [-0.25, -0.2) is 0 Å². The first-order valence-electron chi connectivity index (χ1n) is 7.17. The van der Waals surface area contributed by atoms with Gasteiger partial charge in [0.2, 0.25) is 0 Å². The fourth-order valence-corrected chi connectivity index (χ4v) is 1.50. The maximum Gasteiger partial charge on any atom is 0.191 e. The van der Waals surface area contributed by atoms with Gasteiger partial charge in [0, 0.05) is 26.6 Å². The molecule has 0 amide bonds. The molecule has 0 unspecified atom stereocenters. The molecule has 1 aromatic rings. The van der Waals surface area contributed by atoms with Crippen molar-refractivity contribution in [1.29, 1.82) is 0 Å². The van der Waals surface area contributed by atoms with E-state index in [0.29, 0.717) is 13.1 Å². The van der Waals surface area contributed by atoms with Crippen LogP contribution in [-0.2, 0) is 11.2 Å². The number of nitrogens with one attached hydrogen (secondary N) is 2. The van der Waals surface area contributed by atoms with E-state index in [2.05, 4.69) is 22.2 Å². The Labute approximate surface area is 127 Å². The molecule has 0 radical (unpaired) electrons. The molecule has 0 aliphatic heterocycles. The number of aliphatic imine (C=N–C) groups is 1. The third kappa shape index (κ3) is 7.56. The van der Waals surface area contributed by atoms with E-state index >= 15 is 0 Å². The normalized spacial score (nSPS) is 12.3. The molecule has 2 N–H and O–H groups in total. The van der Waals surface area contributed by atoms with Crippen LogP contribution in [0.25, 0.3) is 0 Å². The van der Waals surface area contributed by atoms with Crippen molar-refractivity contribution in [3.05, 3.63) is 36.3 Å². The average molecular weight is 293 g/mol. The highest BCUT2D eigenvalue weighted by molar-refractivity contribution is 5.80. The van der Waals surface area contributed by atoms with Gasteiger partial charge in [0.05, 0.1) is 18.4 Å². The van der Waals surface area contributed by atoms with Crippen LogP contribution in [0.1, 0.15) is 26.5 Å². The van der Waals surface area contributed by atoms with Crippen LogP contribution in [0.5, 0.6) is 0 Å². The second kappa shape index (κ2) is 8.52. The first-order valence-corrected chi connectivity index (χ1v) is 7.17. The Bertz CT molecular complexity index is 450. The molecule has 21 heavy (non-hydrogen) atoms. The molecule has 118 valence electrons. The van der Waals surface area contributed by atoms with E-state index in [-0.39, 0.29) is 5.60 Å². The van der Waals surface area contributed by atoms with E-state index < -0.39 is 0 Å². The smallest absolute Gasteiger partial charge is 0.191 e. The Kier molecular flexibility index (Phi) is 7.02. The Morgan fingerprint density at radius 3 is 2.76 bits per heavy atom. The molecule has 0 atom stereocenters. The molecule has 1 heterocycles. The second-order valence-corrected chi connectivity index (χ2v) is 5.70. The number of ether oxygens (including phenoxy) is 1. The lowest BCUT2D eigenvalue weighted by atomic mass is 10.1. The van der Waals surface area contributed by atoms with Gasteiger partial charge in [-0.3, -0.25) is 4.99 Å². The lowest BCUT2D eigenvalue weighted by Crippen LogP contribution is -2.40. The Balaban J connectivity index is 2.50. The van der Waals surface area contributed by atoms with Crippen LogP contribution in [0.2, 0.25) is 0 Å². The summed E-state index contributed by atoms with van der Waals surface area (Å²) in [5, 5.41) is 6.54. The molecule has 0 spiro atoms. The van der Waals surface area contributed by atoms with Crippen molar-refractivity contribution in [3.63, 3.8) is 0 Å². The first kappa shape index (κ1) is 17.3. The molecule has 0 aliphatic rings. The Morgan fingerprint density at radius 2 is 2.19 bits per heavy atom. The highest BCUT2D eigenvalue weighted by atomic mass is 16.5. The fourth-order valence-electron chi connectivity index (χ4n) is 1.50. The van der Waals surface area contributed by atoms with Gasteiger partial charge in [-0.1, -0.05) is 12.2 Å². The summed E-state index contributed by atoms with van der Waals surface area (Å²) in [5.74, 6) is 1.72. The van der Waals surface area contributed by atoms with Gasteiger partial charge in [0.1, 0.15) is 5.76 Å². The summed E-state index contributed by atoms with van der Waals surface area (Å²) in [4.78, 5) is 4.55. The van der Waals surface area contributed by atoms with Crippen LogP contribution in [0.3, 0.4) is 0 Å². The van der Waals surface area contributed by atoms with Crippen LogP contribution in [0.4, 0.5) is 0 Å². The van der Waals surface area contributed by atoms with Gasteiger partial charge >= 0.3 is 0 Å². The molecule has 0 bridgehead atoms. The summed E-state index contributed by atoms with van der Waals surface area (Å²) in [6, 6.07) is 3.86. The van der Waals surface area contributed by atoms with E-state index in [1.54, 1.807) is 13.4 Å². The molecule has 1 rings (SSSR count). The number of nitrogens with zero attached hydrogens (tertiary/aromatic N) is 1. The van der Waals surface area contributed by atoms with Crippen LogP contribution < -0.4 is 10.6 Å². The number of methoxy groups -OCH3 is 1. The Morgan fingerprint density at radius 1 is 1.43 bits per heavy atom. The SMILES string of the molecule is C=C(C)CNC(=NCC(C)(C)OC)NCCc1ccco1. The number of guanidine groups is 1. The molecular formula is C16H27N3O2. The van der Waals surface area contributed by atoms with E-state index in [9.17, 15) is 0 Å². The summed E-state index contributed by atoms with van der Waals surface area (Å²) >= 11 is 0. The molecule has 0 saturated carbocycles. The van der Waals surface area contributed by atoms with Gasteiger partial charge in [-0.05, 0) is 32.9 Å². The van der Waals surface area contributed by atoms with Crippen molar-refractivity contribution >= 4 is 5.96 Å². The van der Waals surface area contributed by atoms with Crippen molar-refractivity contribution in [2.45, 2.75) is 32.8 Å². The van der Waals surface area contributed by atoms with Crippen molar-refractivity contribution in [2.24, 2.45) is 4.99 Å². The second-order valence-electron chi connectivity index (χ2n) is 5.70. The third-order valence-corrected chi connectivity index (χ3v) is 2.97.